The Bertz CT molecular complexity index is 1800. The fraction of sp³-hybridized carbons (Fsp3) is 0.0606. The summed E-state index contributed by atoms with van der Waals surface area (Å²) in [7, 11) is 0. The quantitative estimate of drug-likeness (QED) is 0.258. The van der Waals surface area contributed by atoms with Crippen LogP contribution in [0.5, 0.6) is 0 Å². The minimum Gasteiger partial charge on any atom is -0.309 e. The van der Waals surface area contributed by atoms with E-state index < -0.39 is 0 Å². The molecule has 37 heavy (non-hydrogen) atoms. The van der Waals surface area contributed by atoms with Gasteiger partial charge >= 0.3 is 0 Å². The Hall–Kier alpha value is -4.83. The Kier molecular flexibility index (Phi) is 5.21. The molecular formula is C33H24N4. The molecule has 0 bridgehead atoms. The Balaban J connectivity index is 1.44. The van der Waals surface area contributed by atoms with E-state index in [9.17, 15) is 0 Å². The molecule has 0 spiro atoms. The first-order valence-corrected chi connectivity index (χ1v) is 12.6. The summed E-state index contributed by atoms with van der Waals surface area (Å²) >= 11 is 0. The van der Waals surface area contributed by atoms with Crippen molar-refractivity contribution in [2.75, 3.05) is 0 Å². The van der Waals surface area contributed by atoms with Gasteiger partial charge in [-0.3, -0.25) is 15.0 Å². The van der Waals surface area contributed by atoms with Gasteiger partial charge in [0.1, 0.15) is 0 Å². The van der Waals surface area contributed by atoms with Crippen LogP contribution in [0, 0.1) is 0 Å². The van der Waals surface area contributed by atoms with Crippen LogP contribution in [0.3, 0.4) is 0 Å². The average Bonchev–Trinajstić information content (AvgIpc) is 3.31. The summed E-state index contributed by atoms with van der Waals surface area (Å²) in [6.07, 6.45) is 9.97. The fourth-order valence-electron chi connectivity index (χ4n) is 5.17. The normalized spacial score (nSPS) is 13.2. The molecule has 0 N–H and O–H groups in total. The van der Waals surface area contributed by atoms with Crippen molar-refractivity contribution in [3.63, 3.8) is 0 Å². The molecular weight excluding hydrogens is 452 g/mol. The standard InChI is InChI=1S/C33H24N4/c1-4-18-34-29(7-1)23-10-14-26(15-11-23)37-32-16-12-24(30-8-2-5-19-35-30)21-27(32)28-22-25(13-17-33(28)37)31-9-3-6-20-36-31/h1-2,4-5,7-22H,3,6H2. The second-order valence-corrected chi connectivity index (χ2v) is 9.25. The van der Waals surface area contributed by atoms with Crippen LogP contribution in [-0.4, -0.2) is 20.7 Å². The van der Waals surface area contributed by atoms with Crippen LogP contribution in [0.25, 0.3) is 55.7 Å². The van der Waals surface area contributed by atoms with Crippen LogP contribution < -0.4 is 0 Å². The van der Waals surface area contributed by atoms with Gasteiger partial charge in [0, 0.05) is 51.8 Å². The smallest absolute Gasteiger partial charge is 0.0702 e. The van der Waals surface area contributed by atoms with Gasteiger partial charge < -0.3 is 4.57 Å². The summed E-state index contributed by atoms with van der Waals surface area (Å²) in [4.78, 5) is 13.8. The van der Waals surface area contributed by atoms with E-state index in [1.807, 2.05) is 48.9 Å². The molecule has 0 amide bonds. The summed E-state index contributed by atoms with van der Waals surface area (Å²) in [6, 6.07) is 34.0. The number of nitrogens with zero attached hydrogens (tertiary/aromatic N) is 4. The maximum atomic E-state index is 4.67. The molecule has 4 nitrogen and oxygen atoms in total. The zero-order valence-corrected chi connectivity index (χ0v) is 20.3. The van der Waals surface area contributed by atoms with Crippen molar-refractivity contribution in [1.82, 2.24) is 14.5 Å². The molecule has 0 saturated heterocycles. The molecule has 176 valence electrons. The average molecular weight is 477 g/mol. The van der Waals surface area contributed by atoms with Gasteiger partial charge in [-0.2, -0.15) is 0 Å². The molecule has 0 unspecified atom stereocenters. The maximum Gasteiger partial charge on any atom is 0.0702 e. The van der Waals surface area contributed by atoms with E-state index >= 15 is 0 Å². The monoisotopic (exact) mass is 476 g/mol. The lowest BCUT2D eigenvalue weighted by Crippen LogP contribution is -1.94. The molecule has 0 atom stereocenters. The van der Waals surface area contributed by atoms with Gasteiger partial charge in [0.05, 0.1) is 28.1 Å². The van der Waals surface area contributed by atoms with Crippen LogP contribution in [0.15, 0.2) is 121 Å². The number of benzene rings is 3. The summed E-state index contributed by atoms with van der Waals surface area (Å²) in [5.41, 5.74) is 9.81. The number of aromatic nitrogens is 3. The predicted molar refractivity (Wildman–Crippen MR) is 153 cm³/mol. The first-order chi connectivity index (χ1) is 18.3. The molecule has 1 aliphatic heterocycles. The van der Waals surface area contributed by atoms with E-state index in [4.69, 9.17) is 0 Å². The molecule has 4 heterocycles. The lowest BCUT2D eigenvalue weighted by Gasteiger charge is -2.10. The molecule has 0 saturated carbocycles. The molecule has 0 radical (unpaired) electrons. The highest BCUT2D eigenvalue weighted by Crippen LogP contribution is 2.37. The zero-order chi connectivity index (χ0) is 24.6. The fourth-order valence-corrected chi connectivity index (χ4v) is 5.17. The van der Waals surface area contributed by atoms with E-state index in [-0.39, 0.29) is 0 Å². The third-order valence-electron chi connectivity index (χ3n) is 6.97. The Morgan fingerprint density at radius 2 is 1.19 bits per heavy atom. The van der Waals surface area contributed by atoms with Crippen molar-refractivity contribution >= 4 is 33.7 Å². The highest BCUT2D eigenvalue weighted by Gasteiger charge is 2.16. The summed E-state index contributed by atoms with van der Waals surface area (Å²) in [5, 5.41) is 2.41. The van der Waals surface area contributed by atoms with Gasteiger partial charge in [-0.1, -0.05) is 42.5 Å². The predicted octanol–water partition coefficient (Wildman–Crippen LogP) is 8.11. The van der Waals surface area contributed by atoms with Gasteiger partial charge in [0.15, 0.2) is 0 Å². The summed E-state index contributed by atoms with van der Waals surface area (Å²) < 4.78 is 2.34. The van der Waals surface area contributed by atoms with Gasteiger partial charge in [-0.05, 0) is 73.5 Å². The number of hydrogen-bond acceptors (Lipinski definition) is 3. The first kappa shape index (κ1) is 21.5. The molecule has 3 aromatic carbocycles. The number of aliphatic imine (C=N–C) groups is 1. The van der Waals surface area contributed by atoms with E-state index in [0.717, 1.165) is 52.3 Å². The summed E-state index contributed by atoms with van der Waals surface area (Å²) in [5.74, 6) is 0. The first-order valence-electron chi connectivity index (χ1n) is 12.6. The van der Waals surface area contributed by atoms with Crippen molar-refractivity contribution in [2.24, 2.45) is 4.99 Å². The number of hydrogen-bond donors (Lipinski definition) is 0. The van der Waals surface area contributed by atoms with Gasteiger partial charge in [-0.25, -0.2) is 0 Å². The largest absolute Gasteiger partial charge is 0.309 e. The highest BCUT2D eigenvalue weighted by molar-refractivity contribution is 6.11. The second-order valence-electron chi connectivity index (χ2n) is 9.25. The van der Waals surface area contributed by atoms with E-state index in [0.29, 0.717) is 0 Å². The molecule has 7 rings (SSSR count). The summed E-state index contributed by atoms with van der Waals surface area (Å²) in [6.45, 7) is 0. The third kappa shape index (κ3) is 3.83. The van der Waals surface area contributed by atoms with E-state index in [1.165, 1.54) is 21.8 Å². The molecule has 3 aromatic heterocycles. The lowest BCUT2D eigenvalue weighted by molar-refractivity contribution is 1.09. The number of rotatable bonds is 4. The van der Waals surface area contributed by atoms with Crippen molar-refractivity contribution in [3.8, 4) is 28.2 Å². The maximum absolute atomic E-state index is 4.67. The molecule has 0 fully saturated rings. The Morgan fingerprint density at radius 1 is 0.568 bits per heavy atom. The van der Waals surface area contributed by atoms with Crippen LogP contribution in [0.1, 0.15) is 18.4 Å². The molecule has 4 heteroatoms. The topological polar surface area (TPSA) is 43.1 Å². The number of fused-ring (bicyclic) bond motifs is 3. The van der Waals surface area contributed by atoms with E-state index in [2.05, 4.69) is 92.3 Å². The van der Waals surface area contributed by atoms with E-state index in [1.54, 1.807) is 0 Å². The van der Waals surface area contributed by atoms with Crippen LogP contribution in [0.4, 0.5) is 0 Å². The SMILES string of the molecule is C1=NC(c2ccc3c(c2)c2cc(-c4ccccn4)ccc2n3-c2ccc(-c3ccccn3)cc2)=CCC1. The lowest BCUT2D eigenvalue weighted by atomic mass is 10.0. The van der Waals surface area contributed by atoms with Gasteiger partial charge in [-0.15, -0.1) is 0 Å². The van der Waals surface area contributed by atoms with Crippen molar-refractivity contribution < 1.29 is 0 Å². The van der Waals surface area contributed by atoms with Crippen LogP contribution >= 0.6 is 0 Å². The molecule has 0 aliphatic carbocycles. The van der Waals surface area contributed by atoms with Crippen LogP contribution in [0.2, 0.25) is 0 Å². The minimum absolute atomic E-state index is 0.973. The third-order valence-corrected chi connectivity index (χ3v) is 6.97. The minimum atomic E-state index is 0.973. The van der Waals surface area contributed by atoms with Crippen LogP contribution in [-0.2, 0) is 0 Å². The molecule has 1 aliphatic rings. The number of allylic oxidation sites excluding steroid dienone is 1. The van der Waals surface area contributed by atoms with Gasteiger partial charge in [0.2, 0.25) is 0 Å². The zero-order valence-electron chi connectivity index (χ0n) is 20.3. The Labute approximate surface area is 215 Å². The Morgan fingerprint density at radius 3 is 1.81 bits per heavy atom. The van der Waals surface area contributed by atoms with Crippen molar-refractivity contribution in [1.29, 1.82) is 0 Å². The molecule has 6 aromatic rings. The number of pyridine rings is 2. The second kappa shape index (κ2) is 8.99. The van der Waals surface area contributed by atoms with Crippen molar-refractivity contribution in [3.05, 3.63) is 121 Å². The van der Waals surface area contributed by atoms with Gasteiger partial charge in [0.25, 0.3) is 0 Å². The van der Waals surface area contributed by atoms with Crippen molar-refractivity contribution in [2.45, 2.75) is 12.8 Å². The highest BCUT2D eigenvalue weighted by atomic mass is 15.0.